The summed E-state index contributed by atoms with van der Waals surface area (Å²) in [6.07, 6.45) is 2.01. The molecule has 0 aliphatic heterocycles. The van der Waals surface area contributed by atoms with E-state index in [2.05, 4.69) is 18.8 Å². The third-order valence-electron chi connectivity index (χ3n) is 2.87. The molecule has 0 bridgehead atoms. The molecule has 0 aliphatic carbocycles. The van der Waals surface area contributed by atoms with E-state index in [9.17, 15) is 4.79 Å². The van der Waals surface area contributed by atoms with Gasteiger partial charge in [-0.1, -0.05) is 30.3 Å². The minimum absolute atomic E-state index is 0.0166. The summed E-state index contributed by atoms with van der Waals surface area (Å²) in [4.78, 5) is 18.0. The first kappa shape index (κ1) is 14.7. The highest BCUT2D eigenvalue weighted by atomic mass is 32.2. The molecule has 0 N–H and O–H groups in total. The summed E-state index contributed by atoms with van der Waals surface area (Å²) in [6, 6.07) is 10.3. The lowest BCUT2D eigenvalue weighted by molar-refractivity contribution is 0.241. The lowest BCUT2D eigenvalue weighted by Gasteiger charge is -2.12. The van der Waals surface area contributed by atoms with Crippen molar-refractivity contribution in [2.45, 2.75) is 25.0 Å². The first-order chi connectivity index (χ1) is 9.49. The molecule has 2 aromatic rings. The summed E-state index contributed by atoms with van der Waals surface area (Å²) in [5.74, 6) is 0. The number of benzene rings is 1. The normalized spacial score (nSPS) is 10.8. The molecule has 1 aromatic heterocycles. The van der Waals surface area contributed by atoms with Crippen LogP contribution in [-0.4, -0.2) is 33.8 Å². The summed E-state index contributed by atoms with van der Waals surface area (Å²) in [6.45, 7) is 4.17. The van der Waals surface area contributed by atoms with Gasteiger partial charge in [0.1, 0.15) is 0 Å². The van der Waals surface area contributed by atoms with Crippen LogP contribution < -0.4 is 0 Å². The fourth-order valence-corrected chi connectivity index (χ4v) is 2.59. The highest BCUT2D eigenvalue weighted by Crippen LogP contribution is 2.28. The Hall–Kier alpha value is -1.75. The highest BCUT2D eigenvalue weighted by molar-refractivity contribution is 8.13. The van der Waals surface area contributed by atoms with Gasteiger partial charge in [0.25, 0.3) is 5.24 Å². The number of carbonyl (C=O) groups excluding carboxylic acids is 1. The number of aromatic nitrogens is 2. The van der Waals surface area contributed by atoms with Crippen molar-refractivity contribution in [1.82, 2.24) is 14.5 Å². The van der Waals surface area contributed by atoms with Crippen molar-refractivity contribution in [3.05, 3.63) is 36.5 Å². The van der Waals surface area contributed by atoms with Gasteiger partial charge in [-0.2, -0.15) is 0 Å². The average Bonchev–Trinajstić information content (AvgIpc) is 2.83. The molecule has 0 saturated heterocycles. The van der Waals surface area contributed by atoms with E-state index in [0.29, 0.717) is 0 Å². The Kier molecular flexibility index (Phi) is 4.49. The monoisotopic (exact) mass is 289 g/mol. The van der Waals surface area contributed by atoms with Gasteiger partial charge >= 0.3 is 0 Å². The van der Waals surface area contributed by atoms with Gasteiger partial charge in [0, 0.05) is 43.7 Å². The maximum absolute atomic E-state index is 11.9. The van der Waals surface area contributed by atoms with E-state index in [4.69, 9.17) is 0 Å². The molecule has 106 valence electrons. The average molecular weight is 289 g/mol. The van der Waals surface area contributed by atoms with Crippen molar-refractivity contribution in [2.24, 2.45) is 0 Å². The van der Waals surface area contributed by atoms with Crippen LogP contribution in [-0.2, 0) is 0 Å². The van der Waals surface area contributed by atoms with Crippen molar-refractivity contribution < 1.29 is 4.79 Å². The van der Waals surface area contributed by atoms with E-state index < -0.39 is 0 Å². The van der Waals surface area contributed by atoms with Gasteiger partial charge < -0.3 is 9.47 Å². The number of nitrogens with zero attached hydrogens (tertiary/aromatic N) is 3. The standard InChI is InChI=1S/C15H19N3OS/c1-11(2)18-10-13(12-8-6-5-7-9-12)16-14(18)20-15(19)17(3)4/h5-11H,1-4H3. The van der Waals surface area contributed by atoms with Gasteiger partial charge in [0.15, 0.2) is 5.16 Å². The molecule has 0 spiro atoms. The molecule has 4 nitrogen and oxygen atoms in total. The van der Waals surface area contributed by atoms with E-state index in [1.165, 1.54) is 0 Å². The molecular weight excluding hydrogens is 270 g/mol. The molecule has 1 aromatic carbocycles. The molecule has 0 atom stereocenters. The van der Waals surface area contributed by atoms with E-state index in [1.54, 1.807) is 19.0 Å². The van der Waals surface area contributed by atoms with Crippen molar-refractivity contribution in [1.29, 1.82) is 0 Å². The van der Waals surface area contributed by atoms with Crippen LogP contribution in [0.2, 0.25) is 0 Å². The quantitative estimate of drug-likeness (QED) is 0.804. The molecule has 0 radical (unpaired) electrons. The molecule has 0 saturated carbocycles. The molecule has 1 heterocycles. The Balaban J connectivity index is 2.36. The van der Waals surface area contributed by atoms with Crippen molar-refractivity contribution >= 4 is 17.0 Å². The second-order valence-electron chi connectivity index (χ2n) is 5.04. The van der Waals surface area contributed by atoms with Crippen LogP contribution in [0.5, 0.6) is 0 Å². The molecule has 2 rings (SSSR count). The summed E-state index contributed by atoms with van der Waals surface area (Å²) in [5.41, 5.74) is 1.96. The van der Waals surface area contributed by atoms with Crippen LogP contribution >= 0.6 is 11.8 Å². The SMILES string of the molecule is CC(C)n1cc(-c2ccccc2)nc1SC(=O)N(C)C. The third-order valence-corrected chi connectivity index (χ3v) is 3.89. The van der Waals surface area contributed by atoms with Crippen LogP contribution in [0, 0.1) is 0 Å². The van der Waals surface area contributed by atoms with Gasteiger partial charge in [-0.15, -0.1) is 0 Å². The van der Waals surface area contributed by atoms with Gasteiger partial charge in [-0.3, -0.25) is 4.79 Å². The Morgan fingerprint density at radius 3 is 2.45 bits per heavy atom. The number of thioether (sulfide) groups is 1. The number of carbonyl (C=O) groups is 1. The Morgan fingerprint density at radius 2 is 1.90 bits per heavy atom. The van der Waals surface area contributed by atoms with Crippen molar-refractivity contribution in [3.8, 4) is 11.3 Å². The summed E-state index contributed by atoms with van der Waals surface area (Å²) in [5, 5.41) is 0.717. The first-order valence-electron chi connectivity index (χ1n) is 6.52. The predicted molar refractivity (Wildman–Crippen MR) is 83.0 cm³/mol. The Morgan fingerprint density at radius 1 is 1.25 bits per heavy atom. The number of hydrogen-bond donors (Lipinski definition) is 0. The molecule has 0 fully saturated rings. The van der Waals surface area contributed by atoms with Crippen LogP contribution in [0.15, 0.2) is 41.7 Å². The Bertz CT molecular complexity index is 590. The summed E-state index contributed by atoms with van der Waals surface area (Å²) >= 11 is 1.16. The lowest BCUT2D eigenvalue weighted by atomic mass is 10.2. The zero-order chi connectivity index (χ0) is 14.7. The largest absolute Gasteiger partial charge is 0.339 e. The zero-order valence-corrected chi connectivity index (χ0v) is 13.0. The Labute approximate surface area is 123 Å². The predicted octanol–water partition coefficient (Wildman–Crippen LogP) is 3.90. The van der Waals surface area contributed by atoms with Crippen molar-refractivity contribution in [3.63, 3.8) is 0 Å². The maximum Gasteiger partial charge on any atom is 0.288 e. The fraction of sp³-hybridized carbons (Fsp3) is 0.333. The van der Waals surface area contributed by atoms with Gasteiger partial charge in [-0.25, -0.2) is 4.98 Å². The van der Waals surface area contributed by atoms with Crippen LogP contribution in [0.25, 0.3) is 11.3 Å². The summed E-state index contributed by atoms with van der Waals surface area (Å²) in [7, 11) is 3.49. The van der Waals surface area contributed by atoms with E-state index in [-0.39, 0.29) is 11.3 Å². The van der Waals surface area contributed by atoms with E-state index in [1.807, 2.05) is 41.1 Å². The first-order valence-corrected chi connectivity index (χ1v) is 7.34. The van der Waals surface area contributed by atoms with Gasteiger partial charge in [0.05, 0.1) is 5.69 Å². The smallest absolute Gasteiger partial charge is 0.288 e. The molecular formula is C15H19N3OS. The summed E-state index contributed by atoms with van der Waals surface area (Å²) < 4.78 is 2.04. The lowest BCUT2D eigenvalue weighted by Crippen LogP contribution is -2.17. The third kappa shape index (κ3) is 3.22. The van der Waals surface area contributed by atoms with Crippen molar-refractivity contribution in [2.75, 3.05) is 14.1 Å². The fourth-order valence-electron chi connectivity index (χ4n) is 1.74. The maximum atomic E-state index is 11.9. The van der Waals surface area contributed by atoms with Crippen LogP contribution in [0.4, 0.5) is 4.79 Å². The number of hydrogen-bond acceptors (Lipinski definition) is 3. The minimum Gasteiger partial charge on any atom is -0.339 e. The van der Waals surface area contributed by atoms with E-state index in [0.717, 1.165) is 28.2 Å². The van der Waals surface area contributed by atoms with Gasteiger partial charge in [0.2, 0.25) is 0 Å². The zero-order valence-electron chi connectivity index (χ0n) is 12.2. The second kappa shape index (κ2) is 6.13. The van der Waals surface area contributed by atoms with E-state index >= 15 is 0 Å². The number of rotatable bonds is 3. The number of imidazole rings is 1. The molecule has 5 heteroatoms. The topological polar surface area (TPSA) is 38.1 Å². The molecule has 20 heavy (non-hydrogen) atoms. The minimum atomic E-state index is -0.0166. The molecule has 1 amide bonds. The van der Waals surface area contributed by atoms with Crippen LogP contribution in [0.1, 0.15) is 19.9 Å². The molecule has 0 unspecified atom stereocenters. The second-order valence-corrected chi connectivity index (χ2v) is 5.96. The number of amides is 1. The van der Waals surface area contributed by atoms with Crippen LogP contribution in [0.3, 0.4) is 0 Å². The van der Waals surface area contributed by atoms with Gasteiger partial charge in [-0.05, 0) is 13.8 Å². The highest BCUT2D eigenvalue weighted by Gasteiger charge is 2.16. The molecule has 0 aliphatic rings.